The van der Waals surface area contributed by atoms with Gasteiger partial charge in [0.2, 0.25) is 5.91 Å². The van der Waals surface area contributed by atoms with Crippen molar-refractivity contribution in [3.8, 4) is 0 Å². The monoisotopic (exact) mass is 401 g/mol. The third kappa shape index (κ3) is 6.07. The molecular weight excluding hydrogens is 385 g/mol. The number of halogens is 3. The molecule has 2 atom stereocenters. The maximum Gasteiger partial charge on any atom is 0.310 e. The third-order valence-corrected chi connectivity index (χ3v) is 4.88. The van der Waals surface area contributed by atoms with E-state index in [2.05, 4.69) is 5.32 Å². The lowest BCUT2D eigenvalue weighted by Gasteiger charge is -2.26. The van der Waals surface area contributed by atoms with Crippen molar-refractivity contribution in [3.63, 3.8) is 0 Å². The van der Waals surface area contributed by atoms with Crippen molar-refractivity contribution in [2.24, 2.45) is 11.8 Å². The van der Waals surface area contributed by atoms with Crippen LogP contribution >= 0.6 is 34.8 Å². The lowest BCUT2D eigenvalue weighted by Crippen LogP contribution is -2.39. The Hall–Kier alpha value is -1.49. The van der Waals surface area contributed by atoms with Gasteiger partial charge in [0.25, 0.3) is 0 Å². The number of rotatable bonds is 6. The number of hydrogen-bond donors (Lipinski definition) is 1. The molecule has 1 amide bonds. The summed E-state index contributed by atoms with van der Waals surface area (Å²) in [5.41, 5.74) is 0.995. The Morgan fingerprint density at radius 2 is 1.68 bits per heavy atom. The highest BCUT2D eigenvalue weighted by Crippen LogP contribution is 2.28. The molecule has 0 aliphatic heterocycles. The van der Waals surface area contributed by atoms with Crippen molar-refractivity contribution >= 4 is 46.7 Å². The van der Waals surface area contributed by atoms with E-state index in [1.165, 1.54) is 0 Å². The van der Waals surface area contributed by atoms with E-state index in [9.17, 15) is 9.59 Å². The number of carbonyl (C=O) groups is 2. The summed E-state index contributed by atoms with van der Waals surface area (Å²) in [6, 6.07) is 9.58. The van der Waals surface area contributed by atoms with Crippen LogP contribution in [0, 0.1) is 11.8 Å². The van der Waals surface area contributed by atoms with Gasteiger partial charge < -0.3 is 10.1 Å². The molecule has 2 rings (SSSR count). The largest absolute Gasteiger partial charge is 0.460 e. The van der Waals surface area contributed by atoms with E-state index in [0.29, 0.717) is 19.4 Å². The maximum absolute atomic E-state index is 12.5. The molecule has 1 aliphatic carbocycles. The summed E-state index contributed by atoms with van der Waals surface area (Å²) in [6.07, 6.45) is 4.70. The van der Waals surface area contributed by atoms with Gasteiger partial charge >= 0.3 is 5.97 Å². The summed E-state index contributed by atoms with van der Waals surface area (Å²) in [5, 5.41) is 2.93. The molecule has 7 heteroatoms. The number of amides is 1. The molecule has 0 aromatic heterocycles. The Labute approximate surface area is 161 Å². The van der Waals surface area contributed by atoms with Crippen LogP contribution in [0.15, 0.2) is 52.0 Å². The average Bonchev–Trinajstić information content (AvgIpc) is 2.64. The summed E-state index contributed by atoms with van der Waals surface area (Å²) in [4.78, 5) is 24.8. The molecule has 1 aliphatic rings. The fraction of sp³-hybridized carbons (Fsp3) is 0.333. The van der Waals surface area contributed by atoms with Gasteiger partial charge in [0, 0.05) is 6.54 Å². The van der Waals surface area contributed by atoms with Gasteiger partial charge in [-0.1, -0.05) is 77.3 Å². The first kappa shape index (κ1) is 19.8. The molecule has 1 N–H and O–H groups in total. The molecule has 0 spiro atoms. The summed E-state index contributed by atoms with van der Waals surface area (Å²) >= 11 is 16.8. The fourth-order valence-electron chi connectivity index (χ4n) is 2.58. The number of nitrogens with one attached hydrogen (secondary N) is 1. The minimum Gasteiger partial charge on any atom is -0.460 e. The van der Waals surface area contributed by atoms with Gasteiger partial charge in [0.05, 0.1) is 16.9 Å². The van der Waals surface area contributed by atoms with E-state index < -0.39 is 17.8 Å². The fourth-order valence-corrected chi connectivity index (χ4v) is 2.74. The first-order chi connectivity index (χ1) is 12.0. The molecule has 0 heterocycles. The van der Waals surface area contributed by atoms with Crippen LogP contribution in [0.4, 0.5) is 0 Å². The molecule has 0 saturated carbocycles. The first-order valence-electron chi connectivity index (χ1n) is 7.82. The van der Waals surface area contributed by atoms with Gasteiger partial charge in [-0.15, -0.1) is 0 Å². The van der Waals surface area contributed by atoms with Crippen molar-refractivity contribution in [1.82, 2.24) is 5.32 Å². The lowest BCUT2D eigenvalue weighted by molar-refractivity contribution is -0.152. The van der Waals surface area contributed by atoms with Crippen molar-refractivity contribution in [2.45, 2.75) is 19.4 Å². The van der Waals surface area contributed by atoms with Gasteiger partial charge in [0.15, 0.2) is 0 Å². The molecule has 0 bridgehead atoms. The standard InChI is InChI=1S/C18H18Cl3NO3/c19-15(16(20)21)11-25-18(24)14-9-5-4-8-13(14)17(23)22-10-12-6-2-1-3-7-12/h1-7,13-14H,8-11H2,(H,22,23)/t13-,14+/m0/s1. The smallest absolute Gasteiger partial charge is 0.310 e. The van der Waals surface area contributed by atoms with Crippen LogP contribution in [0.2, 0.25) is 0 Å². The molecule has 1 aromatic carbocycles. The quantitative estimate of drug-likeness (QED) is 0.570. The van der Waals surface area contributed by atoms with Crippen molar-refractivity contribution in [1.29, 1.82) is 0 Å². The van der Waals surface area contributed by atoms with E-state index in [0.717, 1.165) is 5.56 Å². The van der Waals surface area contributed by atoms with Crippen LogP contribution in [-0.2, 0) is 20.9 Å². The van der Waals surface area contributed by atoms with E-state index >= 15 is 0 Å². The molecule has 0 fully saturated rings. The summed E-state index contributed by atoms with van der Waals surface area (Å²) in [7, 11) is 0. The van der Waals surface area contributed by atoms with Crippen LogP contribution in [0.1, 0.15) is 18.4 Å². The topological polar surface area (TPSA) is 55.4 Å². The second-order valence-electron chi connectivity index (χ2n) is 5.63. The highest BCUT2D eigenvalue weighted by Gasteiger charge is 2.35. The molecular formula is C18H18Cl3NO3. The highest BCUT2D eigenvalue weighted by molar-refractivity contribution is 6.59. The zero-order chi connectivity index (χ0) is 18.2. The summed E-state index contributed by atoms with van der Waals surface area (Å²) in [5.74, 6) is -1.70. The van der Waals surface area contributed by atoms with E-state index in [4.69, 9.17) is 39.5 Å². The minimum absolute atomic E-state index is 0.0492. The number of hydrogen-bond acceptors (Lipinski definition) is 3. The van der Waals surface area contributed by atoms with Crippen LogP contribution in [0.25, 0.3) is 0 Å². The van der Waals surface area contributed by atoms with Crippen molar-refractivity contribution in [2.75, 3.05) is 6.61 Å². The zero-order valence-corrected chi connectivity index (χ0v) is 15.7. The van der Waals surface area contributed by atoms with E-state index in [-0.39, 0.29) is 22.0 Å². The van der Waals surface area contributed by atoms with Crippen LogP contribution in [-0.4, -0.2) is 18.5 Å². The summed E-state index contributed by atoms with van der Waals surface area (Å²) < 4.78 is 4.99. The van der Waals surface area contributed by atoms with Gasteiger partial charge in [0.1, 0.15) is 11.1 Å². The number of benzene rings is 1. The second-order valence-corrected chi connectivity index (χ2v) is 7.04. The van der Waals surface area contributed by atoms with Gasteiger partial charge in [-0.2, -0.15) is 0 Å². The Morgan fingerprint density at radius 3 is 2.32 bits per heavy atom. The predicted octanol–water partition coefficient (Wildman–Crippen LogP) is 4.31. The van der Waals surface area contributed by atoms with Crippen molar-refractivity contribution in [3.05, 3.63) is 57.6 Å². The molecule has 0 unspecified atom stereocenters. The zero-order valence-electron chi connectivity index (χ0n) is 13.4. The highest BCUT2D eigenvalue weighted by atomic mass is 35.5. The molecule has 0 saturated heterocycles. The average molecular weight is 403 g/mol. The Morgan fingerprint density at radius 1 is 1.04 bits per heavy atom. The maximum atomic E-state index is 12.5. The number of carbonyl (C=O) groups excluding carboxylic acids is 2. The van der Waals surface area contributed by atoms with Crippen LogP contribution in [0.5, 0.6) is 0 Å². The molecule has 0 radical (unpaired) electrons. The van der Waals surface area contributed by atoms with Gasteiger partial charge in [-0.25, -0.2) is 0 Å². The lowest BCUT2D eigenvalue weighted by atomic mass is 9.82. The van der Waals surface area contributed by atoms with E-state index in [1.807, 2.05) is 42.5 Å². The molecule has 1 aromatic rings. The molecule has 134 valence electrons. The predicted molar refractivity (Wildman–Crippen MR) is 99.2 cm³/mol. The molecule has 25 heavy (non-hydrogen) atoms. The number of allylic oxidation sites excluding steroid dienone is 2. The van der Waals surface area contributed by atoms with Crippen molar-refractivity contribution < 1.29 is 14.3 Å². The first-order valence-corrected chi connectivity index (χ1v) is 8.95. The third-order valence-electron chi connectivity index (χ3n) is 3.93. The summed E-state index contributed by atoms with van der Waals surface area (Å²) in [6.45, 7) is 0.208. The van der Waals surface area contributed by atoms with E-state index in [1.54, 1.807) is 0 Å². The Kier molecular flexibility index (Phi) is 7.82. The second kappa shape index (κ2) is 9.85. The minimum atomic E-state index is -0.556. The van der Waals surface area contributed by atoms with Crippen LogP contribution in [0.3, 0.4) is 0 Å². The Balaban J connectivity index is 1.95. The SMILES string of the molecule is O=C(NCc1ccccc1)[C@H]1CC=CC[C@H]1C(=O)OCC(Cl)=C(Cl)Cl. The van der Waals surface area contributed by atoms with Crippen LogP contribution < -0.4 is 5.32 Å². The number of ether oxygens (including phenoxy) is 1. The van der Waals surface area contributed by atoms with Gasteiger partial charge in [-0.05, 0) is 18.4 Å². The Bertz CT molecular complexity index is 669. The number of esters is 1. The van der Waals surface area contributed by atoms with Gasteiger partial charge in [-0.3, -0.25) is 9.59 Å². The normalized spacial score (nSPS) is 19.2. The molecule has 4 nitrogen and oxygen atoms in total.